The Balaban J connectivity index is 2.85. The number of nitrogens with two attached hydrogens (primary N) is 2. The van der Waals surface area contributed by atoms with Gasteiger partial charge in [0.1, 0.15) is 0 Å². The first-order valence-electron chi connectivity index (χ1n) is 4.08. The molecule has 1 aliphatic heterocycles. The molecular weight excluding hydrogens is 174 g/mol. The predicted molar refractivity (Wildman–Crippen MR) is 44.1 cm³/mol. The number of nitrogens with one attached hydrogen (secondary N) is 1. The molecule has 1 atom stereocenters. The van der Waals surface area contributed by atoms with Crippen LogP contribution in [0.1, 0.15) is 19.3 Å². The molecule has 1 saturated heterocycles. The van der Waals surface area contributed by atoms with Crippen LogP contribution in [0.15, 0.2) is 0 Å². The summed E-state index contributed by atoms with van der Waals surface area (Å²) in [4.78, 5) is 22.3. The third-order valence-electron chi connectivity index (χ3n) is 2.17. The van der Waals surface area contributed by atoms with Crippen molar-refractivity contribution >= 4 is 11.8 Å². The largest absolute Gasteiger partial charge is 0.367 e. The maximum absolute atomic E-state index is 11.3. The number of carbonyl (C=O) groups excluding carboxylic acids is 2. The fourth-order valence-corrected chi connectivity index (χ4v) is 1.40. The van der Waals surface area contributed by atoms with Gasteiger partial charge in [0.05, 0.1) is 0 Å². The van der Waals surface area contributed by atoms with Crippen LogP contribution in [-0.2, 0) is 14.3 Å². The van der Waals surface area contributed by atoms with Crippen molar-refractivity contribution < 1.29 is 14.3 Å². The summed E-state index contributed by atoms with van der Waals surface area (Å²) < 4.78 is 5.11. The van der Waals surface area contributed by atoms with E-state index in [1.54, 1.807) is 0 Å². The summed E-state index contributed by atoms with van der Waals surface area (Å²) in [6.45, 7) is 0.357. The molecule has 0 spiro atoms. The van der Waals surface area contributed by atoms with Crippen molar-refractivity contribution in [2.24, 2.45) is 11.6 Å². The molecule has 0 bridgehead atoms. The first-order valence-corrected chi connectivity index (χ1v) is 4.08. The first kappa shape index (κ1) is 9.94. The van der Waals surface area contributed by atoms with E-state index in [4.69, 9.17) is 16.3 Å². The Morgan fingerprint density at radius 2 is 2.08 bits per heavy atom. The SMILES string of the molecule is NNC(=O)C1(C(N)=O)CCCCO1. The Hall–Kier alpha value is -1.14. The van der Waals surface area contributed by atoms with Crippen molar-refractivity contribution in [3.63, 3.8) is 0 Å². The lowest BCUT2D eigenvalue weighted by atomic mass is 9.92. The normalized spacial score (nSPS) is 28.1. The number of ether oxygens (including phenoxy) is 1. The second-order valence-corrected chi connectivity index (χ2v) is 2.97. The molecule has 1 rings (SSSR count). The number of hydrogen-bond acceptors (Lipinski definition) is 4. The summed E-state index contributed by atoms with van der Waals surface area (Å²) in [5.74, 6) is 3.49. The number of amides is 2. The van der Waals surface area contributed by atoms with Gasteiger partial charge in [0.2, 0.25) is 5.60 Å². The molecule has 6 heteroatoms. The van der Waals surface area contributed by atoms with Crippen LogP contribution < -0.4 is 17.0 Å². The van der Waals surface area contributed by atoms with Crippen LogP contribution in [-0.4, -0.2) is 24.0 Å². The van der Waals surface area contributed by atoms with Gasteiger partial charge in [-0.3, -0.25) is 15.0 Å². The van der Waals surface area contributed by atoms with E-state index in [-0.39, 0.29) is 0 Å². The summed E-state index contributed by atoms with van der Waals surface area (Å²) in [5, 5.41) is 0. The summed E-state index contributed by atoms with van der Waals surface area (Å²) in [6.07, 6.45) is 1.86. The molecule has 1 heterocycles. The van der Waals surface area contributed by atoms with Gasteiger partial charge in [-0.15, -0.1) is 0 Å². The van der Waals surface area contributed by atoms with Crippen LogP contribution in [0.5, 0.6) is 0 Å². The molecule has 0 aromatic rings. The van der Waals surface area contributed by atoms with Gasteiger partial charge in [-0.05, 0) is 19.3 Å². The van der Waals surface area contributed by atoms with Crippen molar-refractivity contribution in [1.82, 2.24) is 5.43 Å². The predicted octanol–water partition coefficient (Wildman–Crippen LogP) is -1.60. The zero-order valence-corrected chi connectivity index (χ0v) is 7.21. The molecular formula is C7H13N3O3. The van der Waals surface area contributed by atoms with E-state index >= 15 is 0 Å². The van der Waals surface area contributed by atoms with Gasteiger partial charge in [0, 0.05) is 6.61 Å². The average Bonchev–Trinajstić information content (AvgIpc) is 2.17. The molecule has 5 N–H and O–H groups in total. The van der Waals surface area contributed by atoms with Gasteiger partial charge in [-0.2, -0.15) is 0 Å². The van der Waals surface area contributed by atoms with Crippen LogP contribution >= 0.6 is 0 Å². The van der Waals surface area contributed by atoms with Crippen LogP contribution in [0, 0.1) is 0 Å². The number of hydrogen-bond donors (Lipinski definition) is 3. The van der Waals surface area contributed by atoms with Crippen molar-refractivity contribution in [2.75, 3.05) is 6.61 Å². The minimum absolute atomic E-state index is 0.297. The zero-order chi connectivity index (χ0) is 9.90. The number of primary amides is 1. The fraction of sp³-hybridized carbons (Fsp3) is 0.714. The number of rotatable bonds is 2. The first-order chi connectivity index (χ1) is 6.13. The fourth-order valence-electron chi connectivity index (χ4n) is 1.40. The maximum Gasteiger partial charge on any atom is 0.275 e. The molecule has 0 radical (unpaired) electrons. The Morgan fingerprint density at radius 3 is 2.46 bits per heavy atom. The summed E-state index contributed by atoms with van der Waals surface area (Å²) >= 11 is 0. The van der Waals surface area contributed by atoms with Crippen molar-refractivity contribution in [3.05, 3.63) is 0 Å². The van der Waals surface area contributed by atoms with Crippen LogP contribution in [0.4, 0.5) is 0 Å². The monoisotopic (exact) mass is 187 g/mol. The van der Waals surface area contributed by atoms with Gasteiger partial charge >= 0.3 is 0 Å². The number of hydrazine groups is 1. The van der Waals surface area contributed by atoms with Crippen LogP contribution in [0.2, 0.25) is 0 Å². The van der Waals surface area contributed by atoms with Gasteiger partial charge in [0.25, 0.3) is 11.8 Å². The van der Waals surface area contributed by atoms with Gasteiger partial charge in [0.15, 0.2) is 0 Å². The van der Waals surface area contributed by atoms with Crippen molar-refractivity contribution in [2.45, 2.75) is 24.9 Å². The topological polar surface area (TPSA) is 107 Å². The highest BCUT2D eigenvalue weighted by molar-refractivity contribution is 6.07. The second kappa shape index (κ2) is 3.71. The Kier molecular flexibility index (Phi) is 2.84. The van der Waals surface area contributed by atoms with E-state index in [2.05, 4.69) is 0 Å². The minimum atomic E-state index is -1.55. The second-order valence-electron chi connectivity index (χ2n) is 2.97. The Bertz CT molecular complexity index is 223. The third kappa shape index (κ3) is 1.63. The van der Waals surface area contributed by atoms with E-state index in [0.717, 1.165) is 12.8 Å². The Labute approximate surface area is 75.6 Å². The third-order valence-corrected chi connectivity index (χ3v) is 2.17. The maximum atomic E-state index is 11.3. The van der Waals surface area contributed by atoms with Crippen molar-refractivity contribution in [1.29, 1.82) is 0 Å². The molecule has 2 amide bonds. The molecule has 0 aromatic heterocycles. The average molecular weight is 187 g/mol. The molecule has 1 aliphatic rings. The van der Waals surface area contributed by atoms with E-state index < -0.39 is 17.4 Å². The van der Waals surface area contributed by atoms with Gasteiger partial charge in [-0.1, -0.05) is 0 Å². The Morgan fingerprint density at radius 1 is 1.38 bits per heavy atom. The molecule has 0 saturated carbocycles. The molecule has 74 valence electrons. The standard InChI is InChI=1S/C7H13N3O3/c8-5(11)7(6(12)10-9)3-1-2-4-13-7/h1-4,9H2,(H2,8,11)(H,10,12). The van der Waals surface area contributed by atoms with E-state index in [9.17, 15) is 9.59 Å². The molecule has 13 heavy (non-hydrogen) atoms. The zero-order valence-electron chi connectivity index (χ0n) is 7.21. The highest BCUT2D eigenvalue weighted by Crippen LogP contribution is 2.24. The van der Waals surface area contributed by atoms with Gasteiger partial charge in [-0.25, -0.2) is 5.84 Å². The minimum Gasteiger partial charge on any atom is -0.367 e. The molecule has 0 aromatic carbocycles. The van der Waals surface area contributed by atoms with Gasteiger partial charge < -0.3 is 10.5 Å². The van der Waals surface area contributed by atoms with E-state index in [1.807, 2.05) is 5.43 Å². The van der Waals surface area contributed by atoms with E-state index in [0.29, 0.717) is 13.0 Å². The van der Waals surface area contributed by atoms with Crippen LogP contribution in [0.3, 0.4) is 0 Å². The molecule has 0 aliphatic carbocycles. The molecule has 1 unspecified atom stereocenters. The lowest BCUT2D eigenvalue weighted by molar-refractivity contribution is -0.164. The quantitative estimate of drug-likeness (QED) is 0.209. The van der Waals surface area contributed by atoms with Crippen molar-refractivity contribution in [3.8, 4) is 0 Å². The lowest BCUT2D eigenvalue weighted by Crippen LogP contribution is -2.60. The molecule has 1 fully saturated rings. The summed E-state index contributed by atoms with van der Waals surface area (Å²) in [7, 11) is 0. The lowest BCUT2D eigenvalue weighted by Gasteiger charge is -2.31. The highest BCUT2D eigenvalue weighted by atomic mass is 16.5. The smallest absolute Gasteiger partial charge is 0.275 e. The molecule has 6 nitrogen and oxygen atoms in total. The highest BCUT2D eigenvalue weighted by Gasteiger charge is 2.46. The summed E-state index contributed by atoms with van der Waals surface area (Å²) in [5.41, 5.74) is 5.44. The van der Waals surface area contributed by atoms with Crippen LogP contribution in [0.25, 0.3) is 0 Å². The summed E-state index contributed by atoms with van der Waals surface area (Å²) in [6, 6.07) is 0. The van der Waals surface area contributed by atoms with E-state index in [1.165, 1.54) is 0 Å². The number of carbonyl (C=O) groups is 2.